The molecule has 2 rings (SSSR count). The van der Waals surface area contributed by atoms with E-state index in [-0.39, 0.29) is 23.8 Å². The molecule has 0 saturated heterocycles. The number of rotatable bonds is 4. The van der Waals surface area contributed by atoms with Gasteiger partial charge in [-0.25, -0.2) is 4.98 Å². The summed E-state index contributed by atoms with van der Waals surface area (Å²) in [5, 5.41) is 5.43. The van der Waals surface area contributed by atoms with Crippen molar-refractivity contribution in [2.45, 2.75) is 33.2 Å². The quantitative estimate of drug-likeness (QED) is 0.911. The summed E-state index contributed by atoms with van der Waals surface area (Å²) in [6, 6.07) is 9.99. The molecule has 0 aliphatic rings. The smallest absolute Gasteiger partial charge is 0.226 e. The van der Waals surface area contributed by atoms with E-state index >= 15 is 0 Å². The minimum Gasteiger partial charge on any atom is -0.375 e. The van der Waals surface area contributed by atoms with Gasteiger partial charge in [0.05, 0.1) is 18.2 Å². The molecule has 1 atom stereocenters. The van der Waals surface area contributed by atoms with Crippen LogP contribution in [0.25, 0.3) is 0 Å². The number of carbonyl (C=O) groups is 1. The Morgan fingerprint density at radius 3 is 2.52 bits per heavy atom. The first-order chi connectivity index (χ1) is 9.86. The Kier molecular flexibility index (Phi) is 4.63. The molecule has 0 bridgehead atoms. The molecule has 112 valence electrons. The number of benzene rings is 1. The minimum atomic E-state index is -0.0713. The predicted molar refractivity (Wildman–Crippen MR) is 87.0 cm³/mol. The van der Waals surface area contributed by atoms with Crippen molar-refractivity contribution in [2.75, 3.05) is 5.73 Å². The second kappa shape index (κ2) is 6.26. The summed E-state index contributed by atoms with van der Waals surface area (Å²) in [5.74, 6) is -0.0379. The molecule has 1 aromatic carbocycles. The van der Waals surface area contributed by atoms with Gasteiger partial charge >= 0.3 is 0 Å². The molecule has 1 aromatic heterocycles. The van der Waals surface area contributed by atoms with Crippen LogP contribution in [0, 0.1) is 5.41 Å². The highest BCUT2D eigenvalue weighted by atomic mass is 32.1. The fourth-order valence-electron chi connectivity index (χ4n) is 2.23. The lowest BCUT2D eigenvalue weighted by atomic mass is 9.82. The lowest BCUT2D eigenvalue weighted by Gasteiger charge is -2.32. The number of amides is 1. The third-order valence-electron chi connectivity index (χ3n) is 3.22. The Hall–Kier alpha value is -1.88. The fraction of sp³-hybridized carbons (Fsp3) is 0.375. The minimum absolute atomic E-state index is 0.0379. The molecule has 1 amide bonds. The molecule has 21 heavy (non-hydrogen) atoms. The van der Waals surface area contributed by atoms with E-state index in [0.717, 1.165) is 11.3 Å². The zero-order valence-corrected chi connectivity index (χ0v) is 13.4. The second-order valence-electron chi connectivity index (χ2n) is 6.13. The number of hydrogen-bond donors (Lipinski definition) is 2. The molecule has 0 spiro atoms. The molecular formula is C16H21N3OS. The second-order valence-corrected chi connectivity index (χ2v) is 7.02. The Bertz CT molecular complexity index is 601. The maximum absolute atomic E-state index is 12.3. The first-order valence-electron chi connectivity index (χ1n) is 6.90. The van der Waals surface area contributed by atoms with Gasteiger partial charge in [-0.15, -0.1) is 11.3 Å². The van der Waals surface area contributed by atoms with E-state index in [1.807, 2.05) is 35.7 Å². The van der Waals surface area contributed by atoms with Crippen LogP contribution in [-0.4, -0.2) is 10.9 Å². The summed E-state index contributed by atoms with van der Waals surface area (Å²) in [4.78, 5) is 16.4. The zero-order chi connectivity index (χ0) is 15.5. The SMILES string of the molecule is CC(C)(C)C(NC(=O)Cc1csc(N)n1)c1ccccc1. The number of aromatic nitrogens is 1. The average molecular weight is 303 g/mol. The van der Waals surface area contributed by atoms with Gasteiger partial charge in [-0.3, -0.25) is 4.79 Å². The highest BCUT2D eigenvalue weighted by Gasteiger charge is 2.27. The van der Waals surface area contributed by atoms with E-state index in [1.54, 1.807) is 0 Å². The maximum atomic E-state index is 12.3. The van der Waals surface area contributed by atoms with Gasteiger partial charge in [0, 0.05) is 5.38 Å². The van der Waals surface area contributed by atoms with Gasteiger partial charge in [-0.2, -0.15) is 0 Å². The molecule has 5 heteroatoms. The first kappa shape index (κ1) is 15.5. The van der Waals surface area contributed by atoms with Crippen LogP contribution in [0.4, 0.5) is 5.13 Å². The van der Waals surface area contributed by atoms with E-state index in [9.17, 15) is 4.79 Å². The lowest BCUT2D eigenvalue weighted by Crippen LogP contribution is -2.37. The highest BCUT2D eigenvalue weighted by molar-refractivity contribution is 7.13. The molecule has 4 nitrogen and oxygen atoms in total. The van der Waals surface area contributed by atoms with Gasteiger partial charge in [0.25, 0.3) is 0 Å². The number of hydrogen-bond acceptors (Lipinski definition) is 4. The Balaban J connectivity index is 2.11. The molecule has 0 aliphatic carbocycles. The van der Waals surface area contributed by atoms with Crippen molar-refractivity contribution in [1.82, 2.24) is 10.3 Å². The number of carbonyl (C=O) groups excluding carboxylic acids is 1. The molecule has 0 aliphatic heterocycles. The summed E-state index contributed by atoms with van der Waals surface area (Å²) in [6.45, 7) is 6.35. The van der Waals surface area contributed by atoms with Crippen molar-refractivity contribution >= 4 is 22.4 Å². The first-order valence-corrected chi connectivity index (χ1v) is 7.78. The Morgan fingerprint density at radius 1 is 1.33 bits per heavy atom. The van der Waals surface area contributed by atoms with Gasteiger partial charge < -0.3 is 11.1 Å². The molecular weight excluding hydrogens is 282 g/mol. The average Bonchev–Trinajstić information content (AvgIpc) is 2.81. The van der Waals surface area contributed by atoms with Crippen LogP contribution >= 0.6 is 11.3 Å². The van der Waals surface area contributed by atoms with Crippen LogP contribution in [0.15, 0.2) is 35.7 Å². The van der Waals surface area contributed by atoms with Crippen LogP contribution in [0.5, 0.6) is 0 Å². The van der Waals surface area contributed by atoms with Gasteiger partial charge in [0.2, 0.25) is 5.91 Å². The summed E-state index contributed by atoms with van der Waals surface area (Å²) >= 11 is 1.35. The monoisotopic (exact) mass is 303 g/mol. The number of nitrogens with one attached hydrogen (secondary N) is 1. The molecule has 0 radical (unpaired) electrons. The van der Waals surface area contributed by atoms with E-state index in [2.05, 4.69) is 31.1 Å². The fourth-order valence-corrected chi connectivity index (χ4v) is 2.79. The van der Waals surface area contributed by atoms with Crippen LogP contribution in [-0.2, 0) is 11.2 Å². The van der Waals surface area contributed by atoms with Crippen molar-refractivity contribution in [3.05, 3.63) is 47.0 Å². The zero-order valence-electron chi connectivity index (χ0n) is 12.6. The molecule has 0 saturated carbocycles. The third kappa shape index (κ3) is 4.29. The van der Waals surface area contributed by atoms with Crippen LogP contribution < -0.4 is 11.1 Å². The summed E-state index contributed by atoms with van der Waals surface area (Å²) in [6.07, 6.45) is 0.257. The standard InChI is InChI=1S/C16H21N3OS/c1-16(2,3)14(11-7-5-4-6-8-11)19-13(20)9-12-10-21-15(17)18-12/h4-8,10,14H,9H2,1-3H3,(H2,17,18)(H,19,20). The van der Waals surface area contributed by atoms with E-state index in [4.69, 9.17) is 5.73 Å². The van der Waals surface area contributed by atoms with Crippen LogP contribution in [0.2, 0.25) is 0 Å². The number of nitrogens with two attached hydrogens (primary N) is 1. The van der Waals surface area contributed by atoms with Gasteiger partial charge in [-0.1, -0.05) is 51.1 Å². The van der Waals surface area contributed by atoms with Crippen LogP contribution in [0.3, 0.4) is 0 Å². The van der Waals surface area contributed by atoms with Crippen molar-refractivity contribution in [3.8, 4) is 0 Å². The van der Waals surface area contributed by atoms with Crippen molar-refractivity contribution in [2.24, 2.45) is 5.41 Å². The molecule has 1 unspecified atom stereocenters. The summed E-state index contributed by atoms with van der Waals surface area (Å²) < 4.78 is 0. The summed E-state index contributed by atoms with van der Waals surface area (Å²) in [5.41, 5.74) is 7.35. The Labute approximate surface area is 129 Å². The molecule has 1 heterocycles. The number of thiazole rings is 1. The van der Waals surface area contributed by atoms with E-state index in [0.29, 0.717) is 5.13 Å². The maximum Gasteiger partial charge on any atom is 0.226 e. The lowest BCUT2D eigenvalue weighted by molar-refractivity contribution is -0.122. The highest BCUT2D eigenvalue weighted by Crippen LogP contribution is 2.32. The van der Waals surface area contributed by atoms with Crippen molar-refractivity contribution in [3.63, 3.8) is 0 Å². The van der Waals surface area contributed by atoms with E-state index < -0.39 is 0 Å². The van der Waals surface area contributed by atoms with E-state index in [1.165, 1.54) is 11.3 Å². The number of nitrogens with zero attached hydrogens (tertiary/aromatic N) is 1. The summed E-state index contributed by atoms with van der Waals surface area (Å²) in [7, 11) is 0. The van der Waals surface area contributed by atoms with Gasteiger partial charge in [0.15, 0.2) is 5.13 Å². The van der Waals surface area contributed by atoms with Gasteiger partial charge in [-0.05, 0) is 11.0 Å². The van der Waals surface area contributed by atoms with Gasteiger partial charge in [0.1, 0.15) is 0 Å². The Morgan fingerprint density at radius 2 is 2.00 bits per heavy atom. The largest absolute Gasteiger partial charge is 0.375 e. The molecule has 2 aromatic rings. The third-order valence-corrected chi connectivity index (χ3v) is 3.94. The predicted octanol–water partition coefficient (Wildman–Crippen LogP) is 3.17. The number of anilines is 1. The number of nitrogen functional groups attached to an aromatic ring is 1. The van der Waals surface area contributed by atoms with Crippen molar-refractivity contribution < 1.29 is 4.79 Å². The van der Waals surface area contributed by atoms with Crippen molar-refractivity contribution in [1.29, 1.82) is 0 Å². The normalized spacial score (nSPS) is 12.9. The molecule has 3 N–H and O–H groups in total. The molecule has 0 fully saturated rings. The topological polar surface area (TPSA) is 68.0 Å². The van der Waals surface area contributed by atoms with Crippen LogP contribution in [0.1, 0.15) is 38.1 Å².